The summed E-state index contributed by atoms with van der Waals surface area (Å²) in [4.78, 5) is 10.9. The largest absolute Gasteiger partial charge is 0.383 e. The van der Waals surface area contributed by atoms with Gasteiger partial charge in [0.2, 0.25) is 0 Å². The second-order valence-corrected chi connectivity index (χ2v) is 4.57. The Kier molecular flexibility index (Phi) is 7.91. The van der Waals surface area contributed by atoms with E-state index in [0.29, 0.717) is 13.2 Å². The lowest BCUT2D eigenvalue weighted by Gasteiger charge is -2.25. The molecule has 0 saturated carbocycles. The van der Waals surface area contributed by atoms with Crippen molar-refractivity contribution in [1.29, 1.82) is 0 Å². The first kappa shape index (κ1) is 16.7. The van der Waals surface area contributed by atoms with Gasteiger partial charge in [-0.15, -0.1) is 0 Å². The SMILES string of the molecule is CCCNc1ncnc(N(CCOC)CCOC)c1C. The predicted octanol–water partition coefficient (Wildman–Crippen LogP) is 1.71. The molecule has 1 aromatic rings. The van der Waals surface area contributed by atoms with Crippen LogP contribution in [-0.4, -0.2) is 57.0 Å². The van der Waals surface area contributed by atoms with Crippen LogP contribution in [0.3, 0.4) is 0 Å². The zero-order valence-electron chi connectivity index (χ0n) is 13.0. The van der Waals surface area contributed by atoms with Gasteiger partial charge in [-0.2, -0.15) is 0 Å². The van der Waals surface area contributed by atoms with Gasteiger partial charge in [-0.1, -0.05) is 6.92 Å². The Hall–Kier alpha value is -1.40. The van der Waals surface area contributed by atoms with Gasteiger partial charge < -0.3 is 19.7 Å². The van der Waals surface area contributed by atoms with E-state index in [1.807, 2.05) is 6.92 Å². The van der Waals surface area contributed by atoms with Gasteiger partial charge in [0.15, 0.2) is 0 Å². The van der Waals surface area contributed by atoms with Crippen molar-refractivity contribution in [2.45, 2.75) is 20.3 Å². The molecule has 1 aromatic heterocycles. The molecule has 0 atom stereocenters. The van der Waals surface area contributed by atoms with Crippen LogP contribution in [-0.2, 0) is 9.47 Å². The van der Waals surface area contributed by atoms with Crippen LogP contribution < -0.4 is 10.2 Å². The number of rotatable bonds is 10. The average Bonchev–Trinajstić information content (AvgIpc) is 2.47. The lowest BCUT2D eigenvalue weighted by molar-refractivity contribution is 0.190. The molecule has 0 saturated heterocycles. The number of methoxy groups -OCH3 is 2. The van der Waals surface area contributed by atoms with Crippen LogP contribution in [0.2, 0.25) is 0 Å². The summed E-state index contributed by atoms with van der Waals surface area (Å²) >= 11 is 0. The van der Waals surface area contributed by atoms with Crippen molar-refractivity contribution < 1.29 is 9.47 Å². The third kappa shape index (κ3) is 4.94. The fourth-order valence-electron chi connectivity index (χ4n) is 1.91. The van der Waals surface area contributed by atoms with Crippen molar-refractivity contribution in [3.63, 3.8) is 0 Å². The molecule has 0 aliphatic carbocycles. The lowest BCUT2D eigenvalue weighted by atomic mass is 10.2. The Morgan fingerprint density at radius 3 is 2.35 bits per heavy atom. The lowest BCUT2D eigenvalue weighted by Crippen LogP contribution is -2.32. The zero-order valence-corrected chi connectivity index (χ0v) is 13.0. The van der Waals surface area contributed by atoms with E-state index in [4.69, 9.17) is 9.47 Å². The highest BCUT2D eigenvalue weighted by molar-refractivity contribution is 5.57. The third-order valence-electron chi connectivity index (χ3n) is 3.03. The van der Waals surface area contributed by atoms with Crippen molar-refractivity contribution in [2.75, 3.05) is 57.3 Å². The normalized spacial score (nSPS) is 10.6. The van der Waals surface area contributed by atoms with Crippen molar-refractivity contribution in [2.24, 2.45) is 0 Å². The monoisotopic (exact) mass is 282 g/mol. The first-order chi connectivity index (χ1) is 9.74. The first-order valence-electron chi connectivity index (χ1n) is 7.02. The van der Waals surface area contributed by atoms with E-state index in [-0.39, 0.29) is 0 Å². The molecule has 6 heteroatoms. The van der Waals surface area contributed by atoms with E-state index in [1.54, 1.807) is 20.5 Å². The maximum Gasteiger partial charge on any atom is 0.137 e. The summed E-state index contributed by atoms with van der Waals surface area (Å²) in [7, 11) is 3.41. The molecule has 0 aromatic carbocycles. The summed E-state index contributed by atoms with van der Waals surface area (Å²) in [6.45, 7) is 7.97. The van der Waals surface area contributed by atoms with Crippen LogP contribution in [0, 0.1) is 6.92 Å². The number of ether oxygens (including phenoxy) is 2. The molecule has 114 valence electrons. The standard InChI is InChI=1S/C14H26N4O2/c1-5-6-15-13-12(2)14(17-11-16-13)18(7-9-19-3)8-10-20-4/h11H,5-10H2,1-4H3,(H,15,16,17). The quantitative estimate of drug-likeness (QED) is 0.705. The molecule has 6 nitrogen and oxygen atoms in total. The van der Waals surface area contributed by atoms with Crippen LogP contribution in [0.15, 0.2) is 6.33 Å². The smallest absolute Gasteiger partial charge is 0.137 e. The highest BCUT2D eigenvalue weighted by Crippen LogP contribution is 2.21. The van der Waals surface area contributed by atoms with Gasteiger partial charge in [0.25, 0.3) is 0 Å². The fourth-order valence-corrected chi connectivity index (χ4v) is 1.91. The molecule has 1 rings (SSSR count). The second kappa shape index (κ2) is 9.50. The summed E-state index contributed by atoms with van der Waals surface area (Å²) in [6.07, 6.45) is 2.67. The van der Waals surface area contributed by atoms with Crippen LogP contribution in [0.5, 0.6) is 0 Å². The Bertz CT molecular complexity index is 379. The molecule has 0 bridgehead atoms. The number of anilines is 2. The van der Waals surface area contributed by atoms with Crippen molar-refractivity contribution in [3.8, 4) is 0 Å². The summed E-state index contributed by atoms with van der Waals surface area (Å²) in [5.74, 6) is 1.84. The molecule has 0 radical (unpaired) electrons. The van der Waals surface area contributed by atoms with Crippen molar-refractivity contribution in [3.05, 3.63) is 11.9 Å². The summed E-state index contributed by atoms with van der Waals surface area (Å²) in [5.41, 5.74) is 1.06. The molecule has 20 heavy (non-hydrogen) atoms. The number of hydrogen-bond donors (Lipinski definition) is 1. The van der Waals surface area contributed by atoms with E-state index in [2.05, 4.69) is 27.1 Å². The van der Waals surface area contributed by atoms with Crippen LogP contribution in [0.25, 0.3) is 0 Å². The van der Waals surface area contributed by atoms with E-state index in [0.717, 1.165) is 43.3 Å². The van der Waals surface area contributed by atoms with Gasteiger partial charge >= 0.3 is 0 Å². The third-order valence-corrected chi connectivity index (χ3v) is 3.03. The molecular weight excluding hydrogens is 256 g/mol. The Morgan fingerprint density at radius 2 is 1.80 bits per heavy atom. The number of hydrogen-bond acceptors (Lipinski definition) is 6. The molecule has 0 fully saturated rings. The molecule has 0 unspecified atom stereocenters. The van der Waals surface area contributed by atoms with E-state index >= 15 is 0 Å². The molecule has 0 spiro atoms. The van der Waals surface area contributed by atoms with Gasteiger partial charge in [-0.25, -0.2) is 9.97 Å². The van der Waals surface area contributed by atoms with Gasteiger partial charge in [0, 0.05) is 39.4 Å². The van der Waals surface area contributed by atoms with E-state index < -0.39 is 0 Å². The highest BCUT2D eigenvalue weighted by atomic mass is 16.5. The van der Waals surface area contributed by atoms with Gasteiger partial charge in [-0.05, 0) is 13.3 Å². The maximum absolute atomic E-state index is 5.17. The summed E-state index contributed by atoms with van der Waals surface area (Å²) < 4.78 is 10.3. The predicted molar refractivity (Wildman–Crippen MR) is 81.5 cm³/mol. The number of aromatic nitrogens is 2. The van der Waals surface area contributed by atoms with E-state index in [1.165, 1.54) is 0 Å². The first-order valence-corrected chi connectivity index (χ1v) is 7.02. The van der Waals surface area contributed by atoms with Gasteiger partial charge in [-0.3, -0.25) is 0 Å². The van der Waals surface area contributed by atoms with Crippen molar-refractivity contribution >= 4 is 11.6 Å². The number of nitrogens with one attached hydrogen (secondary N) is 1. The van der Waals surface area contributed by atoms with Crippen LogP contribution >= 0.6 is 0 Å². The molecule has 0 amide bonds. The molecule has 0 aliphatic heterocycles. The average molecular weight is 282 g/mol. The molecular formula is C14H26N4O2. The van der Waals surface area contributed by atoms with Crippen molar-refractivity contribution in [1.82, 2.24) is 9.97 Å². The molecule has 1 N–H and O–H groups in total. The zero-order chi connectivity index (χ0) is 14.8. The number of nitrogens with zero attached hydrogens (tertiary/aromatic N) is 3. The Labute approximate surface area is 121 Å². The molecule has 0 aliphatic rings. The minimum atomic E-state index is 0.658. The Balaban J connectivity index is 2.87. The minimum Gasteiger partial charge on any atom is -0.383 e. The maximum atomic E-state index is 5.17. The summed E-state index contributed by atoms with van der Waals surface area (Å²) in [5, 5.41) is 3.33. The fraction of sp³-hybridized carbons (Fsp3) is 0.714. The van der Waals surface area contributed by atoms with E-state index in [9.17, 15) is 0 Å². The molecule has 1 heterocycles. The van der Waals surface area contributed by atoms with Gasteiger partial charge in [0.1, 0.15) is 18.0 Å². The minimum absolute atomic E-state index is 0.658. The second-order valence-electron chi connectivity index (χ2n) is 4.57. The van der Waals surface area contributed by atoms with Crippen LogP contribution in [0.1, 0.15) is 18.9 Å². The van der Waals surface area contributed by atoms with Gasteiger partial charge in [0.05, 0.1) is 13.2 Å². The topological polar surface area (TPSA) is 59.5 Å². The Morgan fingerprint density at radius 1 is 1.15 bits per heavy atom. The van der Waals surface area contributed by atoms with Crippen LogP contribution in [0.4, 0.5) is 11.6 Å². The highest BCUT2D eigenvalue weighted by Gasteiger charge is 2.13. The summed E-state index contributed by atoms with van der Waals surface area (Å²) in [6, 6.07) is 0.